The summed E-state index contributed by atoms with van der Waals surface area (Å²) in [6.07, 6.45) is -1.39. The molecular weight excluding hydrogens is 264 g/mol. The van der Waals surface area contributed by atoms with E-state index < -0.39 is 24.1 Å². The van der Waals surface area contributed by atoms with Crippen molar-refractivity contribution in [1.82, 2.24) is 0 Å². The standard InChI is InChI=1S/C14H18O6/c1-9(13(15)17-3)19-11-5-7-12(8-6-11)20-10(2)14(16)18-4/h5-10H,1-4H3/t9-,10+. The Morgan fingerprint density at radius 2 is 1.10 bits per heavy atom. The summed E-state index contributed by atoms with van der Waals surface area (Å²) in [5, 5.41) is 0. The molecule has 0 bridgehead atoms. The highest BCUT2D eigenvalue weighted by Gasteiger charge is 2.16. The molecule has 1 aromatic rings. The van der Waals surface area contributed by atoms with Crippen molar-refractivity contribution in [3.63, 3.8) is 0 Å². The van der Waals surface area contributed by atoms with Crippen LogP contribution in [-0.2, 0) is 19.1 Å². The Balaban J connectivity index is 2.60. The lowest BCUT2D eigenvalue weighted by atomic mass is 10.3. The fourth-order valence-electron chi connectivity index (χ4n) is 1.43. The number of carbonyl (C=O) groups excluding carboxylic acids is 2. The molecule has 0 fully saturated rings. The van der Waals surface area contributed by atoms with E-state index in [1.807, 2.05) is 0 Å². The van der Waals surface area contributed by atoms with Crippen molar-refractivity contribution in [2.24, 2.45) is 0 Å². The molecule has 0 aliphatic rings. The van der Waals surface area contributed by atoms with Crippen molar-refractivity contribution in [3.8, 4) is 11.5 Å². The predicted octanol–water partition coefficient (Wildman–Crippen LogP) is 1.57. The first kappa shape index (κ1) is 15.8. The molecule has 6 nitrogen and oxygen atoms in total. The van der Waals surface area contributed by atoms with Crippen LogP contribution in [-0.4, -0.2) is 38.4 Å². The maximum Gasteiger partial charge on any atom is 0.346 e. The molecule has 0 saturated heterocycles. The monoisotopic (exact) mass is 282 g/mol. The molecule has 2 atom stereocenters. The Morgan fingerprint density at radius 1 is 0.800 bits per heavy atom. The van der Waals surface area contributed by atoms with E-state index in [0.717, 1.165) is 0 Å². The minimum absolute atomic E-state index is 0.454. The normalized spacial score (nSPS) is 13.0. The molecule has 0 unspecified atom stereocenters. The zero-order chi connectivity index (χ0) is 15.1. The fraction of sp³-hybridized carbons (Fsp3) is 0.429. The van der Waals surface area contributed by atoms with Gasteiger partial charge in [-0.3, -0.25) is 0 Å². The molecule has 6 heteroatoms. The average Bonchev–Trinajstić information content (AvgIpc) is 2.47. The summed E-state index contributed by atoms with van der Waals surface area (Å²) in [5.41, 5.74) is 0. The van der Waals surface area contributed by atoms with E-state index in [0.29, 0.717) is 11.5 Å². The molecule has 0 radical (unpaired) electrons. The molecule has 0 heterocycles. The van der Waals surface area contributed by atoms with Crippen LogP contribution in [0.4, 0.5) is 0 Å². The molecule has 0 N–H and O–H groups in total. The van der Waals surface area contributed by atoms with Crippen LogP contribution >= 0.6 is 0 Å². The van der Waals surface area contributed by atoms with Crippen molar-refractivity contribution < 1.29 is 28.5 Å². The zero-order valence-corrected chi connectivity index (χ0v) is 11.9. The second-order valence-electron chi connectivity index (χ2n) is 4.04. The molecule has 0 aliphatic heterocycles. The summed E-state index contributed by atoms with van der Waals surface area (Å²) in [7, 11) is 2.60. The third-order valence-electron chi connectivity index (χ3n) is 2.52. The molecule has 1 rings (SSSR count). The average molecular weight is 282 g/mol. The highest BCUT2D eigenvalue weighted by Crippen LogP contribution is 2.20. The lowest BCUT2D eigenvalue weighted by molar-refractivity contribution is -0.148. The Labute approximate surface area is 117 Å². The number of carbonyl (C=O) groups is 2. The SMILES string of the molecule is COC(=O)[C@H](C)Oc1ccc(O[C@H](C)C(=O)OC)cc1. The van der Waals surface area contributed by atoms with Crippen LogP contribution in [0.15, 0.2) is 24.3 Å². The maximum absolute atomic E-state index is 11.2. The van der Waals surface area contributed by atoms with Gasteiger partial charge in [-0.05, 0) is 38.1 Å². The van der Waals surface area contributed by atoms with E-state index in [-0.39, 0.29) is 0 Å². The Bertz CT molecular complexity index is 410. The second-order valence-corrected chi connectivity index (χ2v) is 4.04. The van der Waals surface area contributed by atoms with E-state index in [1.54, 1.807) is 38.1 Å². The van der Waals surface area contributed by atoms with Crippen molar-refractivity contribution >= 4 is 11.9 Å². The summed E-state index contributed by atoms with van der Waals surface area (Å²) >= 11 is 0. The van der Waals surface area contributed by atoms with E-state index in [2.05, 4.69) is 9.47 Å². The molecule has 0 aromatic heterocycles. The topological polar surface area (TPSA) is 71.1 Å². The van der Waals surface area contributed by atoms with Gasteiger partial charge in [0.2, 0.25) is 0 Å². The van der Waals surface area contributed by atoms with E-state index in [9.17, 15) is 9.59 Å². The van der Waals surface area contributed by atoms with Crippen LogP contribution in [0, 0.1) is 0 Å². The highest BCUT2D eigenvalue weighted by molar-refractivity contribution is 5.74. The summed E-state index contributed by atoms with van der Waals surface area (Å²) in [5.74, 6) is 0.0937. The van der Waals surface area contributed by atoms with Gasteiger partial charge in [0.25, 0.3) is 0 Å². The van der Waals surface area contributed by atoms with Gasteiger partial charge in [-0.1, -0.05) is 0 Å². The lowest BCUT2D eigenvalue weighted by Crippen LogP contribution is -2.25. The molecule has 20 heavy (non-hydrogen) atoms. The van der Waals surface area contributed by atoms with Gasteiger partial charge in [0.05, 0.1) is 14.2 Å². The largest absolute Gasteiger partial charge is 0.479 e. The summed E-state index contributed by atoms with van der Waals surface area (Å²) in [6, 6.07) is 6.55. The van der Waals surface area contributed by atoms with Gasteiger partial charge in [0, 0.05) is 0 Å². The smallest absolute Gasteiger partial charge is 0.346 e. The molecular formula is C14H18O6. The Hall–Kier alpha value is -2.24. The first-order chi connectivity index (χ1) is 9.47. The van der Waals surface area contributed by atoms with Gasteiger partial charge in [-0.15, -0.1) is 0 Å². The van der Waals surface area contributed by atoms with Crippen molar-refractivity contribution in [2.45, 2.75) is 26.1 Å². The first-order valence-electron chi connectivity index (χ1n) is 6.07. The number of ether oxygens (including phenoxy) is 4. The number of esters is 2. The molecule has 0 saturated carbocycles. The molecule has 0 aliphatic carbocycles. The van der Waals surface area contributed by atoms with E-state index in [4.69, 9.17) is 9.47 Å². The van der Waals surface area contributed by atoms with Crippen LogP contribution in [0.5, 0.6) is 11.5 Å². The minimum Gasteiger partial charge on any atom is -0.479 e. The van der Waals surface area contributed by atoms with E-state index in [1.165, 1.54) is 14.2 Å². The van der Waals surface area contributed by atoms with Gasteiger partial charge >= 0.3 is 11.9 Å². The van der Waals surface area contributed by atoms with Gasteiger partial charge in [-0.2, -0.15) is 0 Å². The molecule has 1 aromatic carbocycles. The molecule has 0 amide bonds. The fourth-order valence-corrected chi connectivity index (χ4v) is 1.43. The van der Waals surface area contributed by atoms with E-state index >= 15 is 0 Å². The van der Waals surface area contributed by atoms with Crippen LogP contribution in [0.2, 0.25) is 0 Å². The zero-order valence-electron chi connectivity index (χ0n) is 11.9. The second kappa shape index (κ2) is 7.37. The summed E-state index contributed by atoms with van der Waals surface area (Å²) in [6.45, 7) is 3.19. The molecule has 0 spiro atoms. The summed E-state index contributed by atoms with van der Waals surface area (Å²) in [4.78, 5) is 22.4. The van der Waals surface area contributed by atoms with Gasteiger partial charge in [0.1, 0.15) is 11.5 Å². The maximum atomic E-state index is 11.2. The third-order valence-corrected chi connectivity index (χ3v) is 2.52. The van der Waals surface area contributed by atoms with Gasteiger partial charge in [-0.25, -0.2) is 9.59 Å². The first-order valence-corrected chi connectivity index (χ1v) is 6.07. The van der Waals surface area contributed by atoms with Gasteiger partial charge < -0.3 is 18.9 Å². The van der Waals surface area contributed by atoms with Crippen molar-refractivity contribution in [3.05, 3.63) is 24.3 Å². The number of hydrogen-bond donors (Lipinski definition) is 0. The Morgan fingerprint density at radius 3 is 1.35 bits per heavy atom. The van der Waals surface area contributed by atoms with Crippen LogP contribution in [0.25, 0.3) is 0 Å². The third kappa shape index (κ3) is 4.46. The van der Waals surface area contributed by atoms with Crippen LogP contribution < -0.4 is 9.47 Å². The predicted molar refractivity (Wildman–Crippen MR) is 70.7 cm³/mol. The quantitative estimate of drug-likeness (QED) is 0.737. The number of hydrogen-bond acceptors (Lipinski definition) is 6. The van der Waals surface area contributed by atoms with Crippen LogP contribution in [0.3, 0.4) is 0 Å². The lowest BCUT2D eigenvalue weighted by Gasteiger charge is -2.14. The number of benzene rings is 1. The van der Waals surface area contributed by atoms with Crippen LogP contribution in [0.1, 0.15) is 13.8 Å². The minimum atomic E-state index is -0.694. The van der Waals surface area contributed by atoms with Crippen molar-refractivity contribution in [2.75, 3.05) is 14.2 Å². The summed E-state index contributed by atoms with van der Waals surface area (Å²) < 4.78 is 19.9. The Kier molecular flexibility index (Phi) is 5.83. The van der Waals surface area contributed by atoms with Gasteiger partial charge in [0.15, 0.2) is 12.2 Å². The van der Waals surface area contributed by atoms with Crippen molar-refractivity contribution in [1.29, 1.82) is 0 Å². The number of rotatable bonds is 6. The molecule has 110 valence electrons. The number of methoxy groups -OCH3 is 2. The highest BCUT2D eigenvalue weighted by atomic mass is 16.6.